The van der Waals surface area contributed by atoms with Crippen molar-refractivity contribution in [3.8, 4) is 0 Å². The normalized spacial score (nSPS) is 42.4. The lowest BCUT2D eigenvalue weighted by atomic mass is 9.47. The minimum atomic E-state index is -0.167. The second-order valence-corrected chi connectivity index (χ2v) is 12.0. The summed E-state index contributed by atoms with van der Waals surface area (Å²) in [5, 5.41) is 10.2. The molecule has 0 heterocycles. The van der Waals surface area contributed by atoms with Gasteiger partial charge in [-0.05, 0) is 118 Å². The highest BCUT2D eigenvalue weighted by Crippen LogP contribution is 2.67. The lowest BCUT2D eigenvalue weighted by molar-refractivity contribution is -0.138. The number of esters is 1. The van der Waals surface area contributed by atoms with Crippen LogP contribution in [0.2, 0.25) is 0 Å². The number of carbonyl (C=O) groups excluding carboxylic acids is 1. The molecule has 0 aromatic carbocycles. The molecular formula is C29H46O3. The van der Waals surface area contributed by atoms with Gasteiger partial charge >= 0.3 is 5.97 Å². The number of fused-ring (bicyclic) bond motifs is 5. The van der Waals surface area contributed by atoms with Crippen molar-refractivity contribution in [3.05, 3.63) is 23.3 Å². The standard InChI is InChI=1S/C29H46O3/c1-6-32-27(31)20(3)9-7-8-19(2)24-12-13-25-23-11-10-21-18-22(30)14-16-28(21,4)26(23)15-17-29(24,25)5/h9-10,19,22-26,30H,6-8,11-18H2,1-5H3/b20-9+. The summed E-state index contributed by atoms with van der Waals surface area (Å²) in [6.45, 7) is 11.8. The Balaban J connectivity index is 1.43. The molecule has 0 amide bonds. The molecule has 32 heavy (non-hydrogen) atoms. The Labute approximate surface area is 196 Å². The number of hydrogen-bond donors (Lipinski definition) is 1. The van der Waals surface area contributed by atoms with Gasteiger partial charge in [-0.25, -0.2) is 4.79 Å². The second kappa shape index (κ2) is 9.28. The molecule has 0 aromatic heterocycles. The topological polar surface area (TPSA) is 46.5 Å². The summed E-state index contributed by atoms with van der Waals surface area (Å²) in [5.74, 6) is 3.84. The van der Waals surface area contributed by atoms with E-state index in [9.17, 15) is 9.90 Å². The molecule has 1 N–H and O–H groups in total. The minimum Gasteiger partial charge on any atom is -0.463 e. The third-order valence-corrected chi connectivity index (χ3v) is 10.5. The van der Waals surface area contributed by atoms with Gasteiger partial charge in [0.1, 0.15) is 0 Å². The molecule has 4 rings (SSSR count). The average molecular weight is 443 g/mol. The molecule has 3 saturated carbocycles. The number of rotatable bonds is 6. The third-order valence-electron chi connectivity index (χ3n) is 10.5. The average Bonchev–Trinajstić information content (AvgIpc) is 3.11. The van der Waals surface area contributed by atoms with E-state index in [0.717, 1.165) is 54.9 Å². The predicted octanol–water partition coefficient (Wildman–Crippen LogP) is 6.85. The lowest BCUT2D eigenvalue weighted by Gasteiger charge is -2.58. The first kappa shape index (κ1) is 24.0. The molecule has 0 aliphatic heterocycles. The van der Waals surface area contributed by atoms with Gasteiger partial charge in [0, 0.05) is 5.57 Å². The number of carbonyl (C=O) groups is 1. The highest BCUT2D eigenvalue weighted by atomic mass is 16.5. The Hall–Kier alpha value is -1.09. The summed E-state index contributed by atoms with van der Waals surface area (Å²) < 4.78 is 5.12. The van der Waals surface area contributed by atoms with Gasteiger partial charge in [0.15, 0.2) is 0 Å². The van der Waals surface area contributed by atoms with Gasteiger partial charge < -0.3 is 9.84 Å². The van der Waals surface area contributed by atoms with E-state index in [1.807, 2.05) is 13.8 Å². The highest BCUT2D eigenvalue weighted by molar-refractivity contribution is 5.87. The quantitative estimate of drug-likeness (QED) is 0.278. The summed E-state index contributed by atoms with van der Waals surface area (Å²) in [5.41, 5.74) is 3.14. The van der Waals surface area contributed by atoms with Gasteiger partial charge in [0.2, 0.25) is 0 Å². The van der Waals surface area contributed by atoms with Crippen LogP contribution in [0.5, 0.6) is 0 Å². The first-order chi connectivity index (χ1) is 15.2. The highest BCUT2D eigenvalue weighted by Gasteiger charge is 2.59. The van der Waals surface area contributed by atoms with Crippen LogP contribution in [-0.4, -0.2) is 23.8 Å². The van der Waals surface area contributed by atoms with Crippen molar-refractivity contribution in [2.45, 2.75) is 105 Å². The molecule has 8 unspecified atom stereocenters. The fourth-order valence-electron chi connectivity index (χ4n) is 8.71. The van der Waals surface area contributed by atoms with Crippen LogP contribution >= 0.6 is 0 Å². The second-order valence-electron chi connectivity index (χ2n) is 12.0. The number of hydrogen-bond acceptors (Lipinski definition) is 3. The van der Waals surface area contributed by atoms with Crippen LogP contribution in [0.1, 0.15) is 98.8 Å². The van der Waals surface area contributed by atoms with Crippen LogP contribution in [0, 0.1) is 40.4 Å². The SMILES string of the molecule is CCOC(=O)/C(C)=C/CCC(C)C1CCC2C3CC=C4CC(O)CCC4(C)C3CCC12C. The molecule has 4 aliphatic carbocycles. The molecule has 0 spiro atoms. The first-order valence-corrected chi connectivity index (χ1v) is 13.4. The largest absolute Gasteiger partial charge is 0.463 e. The van der Waals surface area contributed by atoms with Gasteiger partial charge in [-0.3, -0.25) is 0 Å². The Morgan fingerprint density at radius 3 is 2.75 bits per heavy atom. The Morgan fingerprint density at radius 1 is 1.22 bits per heavy atom. The zero-order chi connectivity index (χ0) is 23.1. The molecule has 180 valence electrons. The molecule has 3 nitrogen and oxygen atoms in total. The maximum atomic E-state index is 11.9. The summed E-state index contributed by atoms with van der Waals surface area (Å²) in [6.07, 6.45) is 16.5. The number of aliphatic hydroxyl groups is 1. The van der Waals surface area contributed by atoms with Crippen molar-refractivity contribution in [1.29, 1.82) is 0 Å². The predicted molar refractivity (Wildman–Crippen MR) is 130 cm³/mol. The van der Waals surface area contributed by atoms with E-state index in [0.29, 0.717) is 23.4 Å². The maximum Gasteiger partial charge on any atom is 0.333 e. The lowest BCUT2D eigenvalue weighted by Crippen LogP contribution is -2.50. The van der Waals surface area contributed by atoms with Crippen LogP contribution in [-0.2, 0) is 9.53 Å². The summed E-state index contributed by atoms with van der Waals surface area (Å²) in [4.78, 5) is 11.9. The number of allylic oxidation sites excluding steroid dienone is 2. The van der Waals surface area contributed by atoms with E-state index in [2.05, 4.69) is 32.9 Å². The monoisotopic (exact) mass is 442 g/mol. The molecule has 0 saturated heterocycles. The van der Waals surface area contributed by atoms with Crippen molar-refractivity contribution in [2.75, 3.05) is 6.61 Å². The third kappa shape index (κ3) is 4.12. The first-order valence-electron chi connectivity index (χ1n) is 13.4. The Morgan fingerprint density at radius 2 is 2.00 bits per heavy atom. The maximum absolute atomic E-state index is 11.9. The van der Waals surface area contributed by atoms with Gasteiger partial charge in [0.05, 0.1) is 12.7 Å². The molecule has 0 aromatic rings. The van der Waals surface area contributed by atoms with Crippen molar-refractivity contribution in [1.82, 2.24) is 0 Å². The molecule has 8 atom stereocenters. The molecule has 3 fully saturated rings. The van der Waals surface area contributed by atoms with Crippen LogP contribution in [0.3, 0.4) is 0 Å². The fourth-order valence-corrected chi connectivity index (χ4v) is 8.71. The molecule has 4 aliphatic rings. The van der Waals surface area contributed by atoms with E-state index < -0.39 is 0 Å². The molecule has 0 radical (unpaired) electrons. The smallest absolute Gasteiger partial charge is 0.333 e. The van der Waals surface area contributed by atoms with Crippen molar-refractivity contribution in [3.63, 3.8) is 0 Å². The van der Waals surface area contributed by atoms with E-state index in [1.54, 1.807) is 5.57 Å². The van der Waals surface area contributed by atoms with Crippen molar-refractivity contribution in [2.24, 2.45) is 40.4 Å². The Kier molecular flexibility index (Phi) is 6.97. The van der Waals surface area contributed by atoms with Crippen molar-refractivity contribution >= 4 is 5.97 Å². The summed E-state index contributed by atoms with van der Waals surface area (Å²) in [6, 6.07) is 0. The molecule has 0 bridgehead atoms. The van der Waals surface area contributed by atoms with E-state index in [4.69, 9.17) is 4.74 Å². The van der Waals surface area contributed by atoms with E-state index in [-0.39, 0.29) is 12.1 Å². The molecular weight excluding hydrogens is 396 g/mol. The van der Waals surface area contributed by atoms with Gasteiger partial charge in [-0.1, -0.05) is 38.5 Å². The minimum absolute atomic E-state index is 0.113. The molecule has 3 heteroatoms. The van der Waals surface area contributed by atoms with Crippen molar-refractivity contribution < 1.29 is 14.6 Å². The fraction of sp³-hybridized carbons (Fsp3) is 0.828. The number of ether oxygens (including phenoxy) is 1. The van der Waals surface area contributed by atoms with Crippen LogP contribution in [0.25, 0.3) is 0 Å². The zero-order valence-electron chi connectivity index (χ0n) is 21.2. The van der Waals surface area contributed by atoms with Crippen LogP contribution < -0.4 is 0 Å². The summed E-state index contributed by atoms with van der Waals surface area (Å²) >= 11 is 0. The van der Waals surface area contributed by atoms with Gasteiger partial charge in [0.25, 0.3) is 0 Å². The Bertz CT molecular complexity index is 766. The summed E-state index contributed by atoms with van der Waals surface area (Å²) in [7, 11) is 0. The van der Waals surface area contributed by atoms with E-state index in [1.165, 1.54) is 38.5 Å². The van der Waals surface area contributed by atoms with Gasteiger partial charge in [-0.2, -0.15) is 0 Å². The van der Waals surface area contributed by atoms with Crippen LogP contribution in [0.4, 0.5) is 0 Å². The van der Waals surface area contributed by atoms with E-state index >= 15 is 0 Å². The van der Waals surface area contributed by atoms with Crippen LogP contribution in [0.15, 0.2) is 23.3 Å². The number of aliphatic hydroxyl groups excluding tert-OH is 1. The zero-order valence-corrected chi connectivity index (χ0v) is 21.2. The van der Waals surface area contributed by atoms with Gasteiger partial charge in [-0.15, -0.1) is 0 Å².